The van der Waals surface area contributed by atoms with Crippen molar-refractivity contribution in [3.8, 4) is 16.9 Å². The SMILES string of the molecule is C=CCOc1ccc(-c2ccc(N)cc2)cc1. The number of hydrogen-bond donors (Lipinski definition) is 1. The minimum Gasteiger partial charge on any atom is -0.490 e. The molecule has 0 unspecified atom stereocenters. The molecule has 0 atom stereocenters. The summed E-state index contributed by atoms with van der Waals surface area (Å²) in [7, 11) is 0. The number of nitrogens with two attached hydrogens (primary N) is 1. The van der Waals surface area contributed by atoms with E-state index in [2.05, 4.69) is 6.58 Å². The molecule has 0 radical (unpaired) electrons. The lowest BCUT2D eigenvalue weighted by atomic mass is 10.1. The van der Waals surface area contributed by atoms with E-state index in [0.717, 1.165) is 22.6 Å². The summed E-state index contributed by atoms with van der Waals surface area (Å²) in [6.07, 6.45) is 1.73. The van der Waals surface area contributed by atoms with Crippen molar-refractivity contribution in [1.82, 2.24) is 0 Å². The largest absolute Gasteiger partial charge is 0.490 e. The topological polar surface area (TPSA) is 35.2 Å². The van der Waals surface area contributed by atoms with Gasteiger partial charge >= 0.3 is 0 Å². The van der Waals surface area contributed by atoms with Crippen molar-refractivity contribution >= 4 is 5.69 Å². The highest BCUT2D eigenvalue weighted by molar-refractivity contribution is 5.66. The first-order chi connectivity index (χ1) is 8.29. The molecule has 17 heavy (non-hydrogen) atoms. The Morgan fingerprint density at radius 3 is 2.00 bits per heavy atom. The fraction of sp³-hybridized carbons (Fsp3) is 0.0667. The fourth-order valence-corrected chi connectivity index (χ4v) is 1.57. The summed E-state index contributed by atoms with van der Waals surface area (Å²) >= 11 is 0. The van der Waals surface area contributed by atoms with Gasteiger partial charge in [-0.05, 0) is 35.4 Å². The van der Waals surface area contributed by atoms with Crippen LogP contribution >= 0.6 is 0 Å². The van der Waals surface area contributed by atoms with E-state index in [4.69, 9.17) is 10.5 Å². The first-order valence-electron chi connectivity index (χ1n) is 5.49. The quantitative estimate of drug-likeness (QED) is 0.638. The van der Waals surface area contributed by atoms with E-state index < -0.39 is 0 Å². The van der Waals surface area contributed by atoms with Crippen molar-refractivity contribution in [3.05, 3.63) is 61.2 Å². The van der Waals surface area contributed by atoms with Crippen molar-refractivity contribution in [2.75, 3.05) is 12.3 Å². The zero-order valence-electron chi connectivity index (χ0n) is 9.60. The summed E-state index contributed by atoms with van der Waals surface area (Å²) < 4.78 is 5.43. The van der Waals surface area contributed by atoms with Gasteiger partial charge in [0.25, 0.3) is 0 Å². The molecule has 2 N–H and O–H groups in total. The van der Waals surface area contributed by atoms with Crippen LogP contribution in [-0.2, 0) is 0 Å². The highest BCUT2D eigenvalue weighted by Crippen LogP contribution is 2.23. The average Bonchev–Trinajstić information content (AvgIpc) is 2.38. The van der Waals surface area contributed by atoms with Gasteiger partial charge in [0, 0.05) is 5.69 Å². The van der Waals surface area contributed by atoms with Gasteiger partial charge in [-0.25, -0.2) is 0 Å². The summed E-state index contributed by atoms with van der Waals surface area (Å²) in [5, 5.41) is 0. The molecule has 2 aromatic rings. The minimum absolute atomic E-state index is 0.529. The van der Waals surface area contributed by atoms with Crippen LogP contribution < -0.4 is 10.5 Å². The maximum Gasteiger partial charge on any atom is 0.119 e. The first kappa shape index (κ1) is 11.3. The molecule has 0 spiro atoms. The second kappa shape index (κ2) is 5.21. The lowest BCUT2D eigenvalue weighted by Crippen LogP contribution is -1.92. The molecular formula is C15H15NO. The van der Waals surface area contributed by atoms with E-state index in [0.29, 0.717) is 6.61 Å². The summed E-state index contributed by atoms with van der Waals surface area (Å²) in [6, 6.07) is 15.8. The Balaban J connectivity index is 2.17. The number of nitrogen functional groups attached to an aromatic ring is 1. The Kier molecular flexibility index (Phi) is 3.46. The van der Waals surface area contributed by atoms with Crippen LogP contribution in [0.15, 0.2) is 61.2 Å². The van der Waals surface area contributed by atoms with Gasteiger partial charge < -0.3 is 10.5 Å². The van der Waals surface area contributed by atoms with Crippen LogP contribution in [0.2, 0.25) is 0 Å². The van der Waals surface area contributed by atoms with E-state index in [1.54, 1.807) is 6.08 Å². The zero-order chi connectivity index (χ0) is 12.1. The van der Waals surface area contributed by atoms with Crippen molar-refractivity contribution < 1.29 is 4.74 Å². The van der Waals surface area contributed by atoms with Gasteiger partial charge in [-0.3, -0.25) is 0 Å². The van der Waals surface area contributed by atoms with Crippen LogP contribution in [0.5, 0.6) is 5.75 Å². The van der Waals surface area contributed by atoms with Gasteiger partial charge in [0.2, 0.25) is 0 Å². The third-order valence-electron chi connectivity index (χ3n) is 2.47. The van der Waals surface area contributed by atoms with E-state index in [9.17, 15) is 0 Å². The smallest absolute Gasteiger partial charge is 0.119 e. The summed E-state index contributed by atoms with van der Waals surface area (Å²) in [6.45, 7) is 4.14. The van der Waals surface area contributed by atoms with E-state index in [1.807, 2.05) is 48.5 Å². The van der Waals surface area contributed by atoms with Crippen LogP contribution in [0.3, 0.4) is 0 Å². The number of ether oxygens (including phenoxy) is 1. The Bertz CT molecular complexity index is 485. The number of hydrogen-bond acceptors (Lipinski definition) is 2. The van der Waals surface area contributed by atoms with Gasteiger partial charge in [-0.15, -0.1) is 0 Å². The summed E-state index contributed by atoms with van der Waals surface area (Å²) in [5.41, 5.74) is 8.73. The van der Waals surface area contributed by atoms with E-state index in [1.165, 1.54) is 0 Å². The van der Waals surface area contributed by atoms with Crippen LogP contribution in [0, 0.1) is 0 Å². The third-order valence-corrected chi connectivity index (χ3v) is 2.47. The molecular weight excluding hydrogens is 210 g/mol. The molecule has 86 valence electrons. The maximum atomic E-state index is 5.65. The number of benzene rings is 2. The van der Waals surface area contributed by atoms with Crippen molar-refractivity contribution in [2.45, 2.75) is 0 Å². The summed E-state index contributed by atoms with van der Waals surface area (Å²) in [5.74, 6) is 0.851. The molecule has 0 fully saturated rings. The van der Waals surface area contributed by atoms with Crippen LogP contribution in [0.25, 0.3) is 11.1 Å². The summed E-state index contributed by atoms with van der Waals surface area (Å²) in [4.78, 5) is 0. The van der Waals surface area contributed by atoms with Crippen molar-refractivity contribution in [1.29, 1.82) is 0 Å². The van der Waals surface area contributed by atoms with Crippen molar-refractivity contribution in [2.24, 2.45) is 0 Å². The Labute approximate surface area is 101 Å². The third kappa shape index (κ3) is 2.88. The van der Waals surface area contributed by atoms with Gasteiger partial charge in [0.05, 0.1) is 0 Å². The van der Waals surface area contributed by atoms with Gasteiger partial charge in [0.1, 0.15) is 12.4 Å². The Morgan fingerprint density at radius 1 is 0.941 bits per heavy atom. The molecule has 0 aromatic heterocycles. The fourth-order valence-electron chi connectivity index (χ4n) is 1.57. The molecule has 0 aliphatic rings. The number of anilines is 1. The molecule has 0 aliphatic heterocycles. The lowest BCUT2D eigenvalue weighted by Gasteiger charge is -2.05. The van der Waals surface area contributed by atoms with Crippen LogP contribution in [0.1, 0.15) is 0 Å². The number of rotatable bonds is 4. The average molecular weight is 225 g/mol. The second-order valence-corrected chi connectivity index (χ2v) is 3.75. The predicted molar refractivity (Wildman–Crippen MR) is 72.0 cm³/mol. The maximum absolute atomic E-state index is 5.65. The van der Waals surface area contributed by atoms with E-state index in [-0.39, 0.29) is 0 Å². The predicted octanol–water partition coefficient (Wildman–Crippen LogP) is 3.50. The molecule has 0 bridgehead atoms. The van der Waals surface area contributed by atoms with Gasteiger partial charge in [0.15, 0.2) is 0 Å². The molecule has 0 heterocycles. The highest BCUT2D eigenvalue weighted by atomic mass is 16.5. The molecule has 2 heteroatoms. The Hall–Kier alpha value is -2.22. The standard InChI is InChI=1S/C15H15NO/c1-2-11-17-15-9-5-13(6-10-15)12-3-7-14(16)8-4-12/h2-10H,1,11,16H2. The van der Waals surface area contributed by atoms with Crippen LogP contribution in [0.4, 0.5) is 5.69 Å². The molecule has 0 aliphatic carbocycles. The molecule has 2 nitrogen and oxygen atoms in total. The molecule has 2 aromatic carbocycles. The van der Waals surface area contributed by atoms with Crippen molar-refractivity contribution in [3.63, 3.8) is 0 Å². The first-order valence-corrected chi connectivity index (χ1v) is 5.49. The molecule has 0 saturated heterocycles. The van der Waals surface area contributed by atoms with Gasteiger partial charge in [-0.1, -0.05) is 36.9 Å². The minimum atomic E-state index is 0.529. The monoisotopic (exact) mass is 225 g/mol. The highest BCUT2D eigenvalue weighted by Gasteiger charge is 1.98. The van der Waals surface area contributed by atoms with Gasteiger partial charge in [-0.2, -0.15) is 0 Å². The molecule has 2 rings (SSSR count). The molecule has 0 amide bonds. The van der Waals surface area contributed by atoms with Crippen LogP contribution in [-0.4, -0.2) is 6.61 Å². The normalized spacial score (nSPS) is 9.88. The second-order valence-electron chi connectivity index (χ2n) is 3.75. The zero-order valence-corrected chi connectivity index (χ0v) is 9.60. The van der Waals surface area contributed by atoms with E-state index >= 15 is 0 Å². The molecule has 0 saturated carbocycles. The Morgan fingerprint density at radius 2 is 1.47 bits per heavy atom. The lowest BCUT2D eigenvalue weighted by molar-refractivity contribution is 0.363.